The fraction of sp³-hybridized carbons (Fsp3) is 0.778. The highest BCUT2D eigenvalue weighted by Gasteiger charge is 2.31. The number of likely N-dealkylation sites (N-methyl/N-ethyl adjacent to an activating group) is 1. The summed E-state index contributed by atoms with van der Waals surface area (Å²) in [6, 6.07) is 1.76. The van der Waals surface area contributed by atoms with Crippen LogP contribution in [0.25, 0.3) is 0 Å². The molecule has 0 radical (unpaired) electrons. The predicted octanol–water partition coefficient (Wildman–Crippen LogP) is -1.11. The smallest absolute Gasteiger partial charge is 0.263 e. The van der Waals surface area contributed by atoms with Crippen LogP contribution in [0.1, 0.15) is 6.42 Å². The molecule has 1 N–H and O–H groups in total. The van der Waals surface area contributed by atoms with Crippen molar-refractivity contribution in [2.24, 2.45) is 0 Å². The molecule has 2 heterocycles. The van der Waals surface area contributed by atoms with Gasteiger partial charge in [0, 0.05) is 51.5 Å². The number of hydrogen-bond donors (Lipinski definition) is 1. The molecular weight excluding hydrogens is 382 g/mol. The zero-order valence-electron chi connectivity index (χ0n) is 16.8. The Hall–Kier alpha value is -1.67. The van der Waals surface area contributed by atoms with Gasteiger partial charge in [-0.25, -0.2) is 8.42 Å². The molecule has 28 heavy (non-hydrogen) atoms. The van der Waals surface area contributed by atoms with E-state index in [2.05, 4.69) is 10.2 Å². The zero-order valence-corrected chi connectivity index (χ0v) is 17.6. The van der Waals surface area contributed by atoms with Crippen LogP contribution in [0.3, 0.4) is 0 Å². The van der Waals surface area contributed by atoms with E-state index in [1.54, 1.807) is 0 Å². The third-order valence-electron chi connectivity index (χ3n) is 4.96. The fourth-order valence-electron chi connectivity index (χ4n) is 3.26. The van der Waals surface area contributed by atoms with E-state index in [1.165, 1.54) is 6.20 Å². The third kappa shape index (κ3) is 7.39. The molecule has 9 nitrogen and oxygen atoms in total. The van der Waals surface area contributed by atoms with Crippen LogP contribution in [0.5, 0.6) is 0 Å². The van der Waals surface area contributed by atoms with Crippen LogP contribution in [-0.4, -0.2) is 113 Å². The maximum Gasteiger partial charge on any atom is 0.263 e. The number of ether oxygens (including phenoxy) is 1. The molecule has 0 aromatic carbocycles. The fourth-order valence-corrected chi connectivity index (χ4v) is 5.00. The van der Waals surface area contributed by atoms with Crippen molar-refractivity contribution in [3.05, 3.63) is 11.8 Å². The second kappa shape index (κ2) is 10.8. The molecule has 2 fully saturated rings. The van der Waals surface area contributed by atoms with E-state index in [-0.39, 0.29) is 23.1 Å². The topological polar surface area (TPSA) is 106 Å². The predicted molar refractivity (Wildman–Crippen MR) is 106 cm³/mol. The second-order valence-electron chi connectivity index (χ2n) is 7.46. The average Bonchev–Trinajstić information content (AvgIpc) is 3.02. The molecule has 2 rings (SSSR count). The quantitative estimate of drug-likeness (QED) is 0.375. The molecule has 0 saturated carbocycles. The van der Waals surface area contributed by atoms with Gasteiger partial charge < -0.3 is 19.9 Å². The molecule has 158 valence electrons. The molecule has 0 bridgehead atoms. The minimum atomic E-state index is -3.05. The number of carbonyl (C=O) groups is 1. The molecule has 0 aromatic rings. The molecule has 10 heteroatoms. The van der Waals surface area contributed by atoms with E-state index in [0.717, 1.165) is 13.1 Å². The summed E-state index contributed by atoms with van der Waals surface area (Å²) in [6.45, 7) is 5.48. The number of morpholine rings is 1. The Kier molecular flexibility index (Phi) is 8.69. The lowest BCUT2D eigenvalue weighted by Gasteiger charge is -2.28. The van der Waals surface area contributed by atoms with E-state index < -0.39 is 15.7 Å². The Balaban J connectivity index is 1.97. The molecule has 1 atom stereocenters. The Morgan fingerprint density at radius 1 is 1.32 bits per heavy atom. The Bertz CT molecular complexity index is 695. The van der Waals surface area contributed by atoms with Crippen molar-refractivity contribution in [3.8, 4) is 6.07 Å². The van der Waals surface area contributed by atoms with Crippen molar-refractivity contribution in [2.45, 2.75) is 12.5 Å². The van der Waals surface area contributed by atoms with Crippen molar-refractivity contribution in [2.75, 3.05) is 78.1 Å². The van der Waals surface area contributed by atoms with Gasteiger partial charge in [0.2, 0.25) is 0 Å². The summed E-state index contributed by atoms with van der Waals surface area (Å²) in [5.74, 6) is -0.210. The SMILES string of the molecule is CN(C)CCN(/C=C(/C#N)C(=O)NCCN1CCOCC1)C1CCS(=O)(=O)C1. The van der Waals surface area contributed by atoms with Gasteiger partial charge in [-0.2, -0.15) is 5.26 Å². The van der Waals surface area contributed by atoms with Gasteiger partial charge in [-0.3, -0.25) is 9.69 Å². The van der Waals surface area contributed by atoms with Crippen LogP contribution in [0.2, 0.25) is 0 Å². The van der Waals surface area contributed by atoms with Crippen molar-refractivity contribution in [1.29, 1.82) is 5.26 Å². The first-order valence-electron chi connectivity index (χ1n) is 9.62. The number of nitrogens with one attached hydrogen (secondary N) is 1. The van der Waals surface area contributed by atoms with Crippen molar-refractivity contribution in [1.82, 2.24) is 20.0 Å². The van der Waals surface area contributed by atoms with E-state index >= 15 is 0 Å². The molecular formula is C18H31N5O4S. The normalized spacial score (nSPS) is 22.8. The van der Waals surface area contributed by atoms with Crippen LogP contribution in [0.15, 0.2) is 11.8 Å². The van der Waals surface area contributed by atoms with E-state index in [9.17, 15) is 18.5 Å². The minimum absolute atomic E-state index is 0.00466. The number of nitrogens with zero attached hydrogens (tertiary/aromatic N) is 4. The molecule has 0 aliphatic carbocycles. The highest BCUT2D eigenvalue weighted by atomic mass is 32.2. The van der Waals surface area contributed by atoms with Gasteiger partial charge in [-0.15, -0.1) is 0 Å². The first kappa shape index (κ1) is 22.6. The maximum absolute atomic E-state index is 12.4. The zero-order chi connectivity index (χ0) is 20.6. The van der Waals surface area contributed by atoms with Crippen LogP contribution in [-0.2, 0) is 19.4 Å². The molecule has 1 unspecified atom stereocenters. The van der Waals surface area contributed by atoms with Crippen LogP contribution in [0.4, 0.5) is 0 Å². The van der Waals surface area contributed by atoms with Gasteiger partial charge in [-0.1, -0.05) is 0 Å². The third-order valence-corrected chi connectivity index (χ3v) is 6.71. The molecule has 2 saturated heterocycles. The molecule has 2 aliphatic heterocycles. The van der Waals surface area contributed by atoms with E-state index in [0.29, 0.717) is 45.8 Å². The van der Waals surface area contributed by atoms with E-state index in [4.69, 9.17) is 4.74 Å². The first-order valence-corrected chi connectivity index (χ1v) is 11.4. The number of sulfone groups is 1. The summed E-state index contributed by atoms with van der Waals surface area (Å²) in [6.07, 6.45) is 2.04. The number of carbonyl (C=O) groups excluding carboxylic acids is 1. The van der Waals surface area contributed by atoms with Gasteiger partial charge in [0.05, 0.1) is 24.7 Å². The summed E-state index contributed by atoms with van der Waals surface area (Å²) in [5.41, 5.74) is 0.00466. The Morgan fingerprint density at radius 3 is 2.61 bits per heavy atom. The number of rotatable bonds is 9. The highest BCUT2D eigenvalue weighted by Crippen LogP contribution is 2.19. The Morgan fingerprint density at radius 2 is 2.04 bits per heavy atom. The van der Waals surface area contributed by atoms with Gasteiger partial charge in [0.1, 0.15) is 11.6 Å². The number of nitriles is 1. The largest absolute Gasteiger partial charge is 0.379 e. The van der Waals surface area contributed by atoms with Crippen LogP contribution < -0.4 is 5.32 Å². The average molecular weight is 414 g/mol. The first-order chi connectivity index (χ1) is 13.3. The van der Waals surface area contributed by atoms with Gasteiger partial charge in [0.25, 0.3) is 5.91 Å². The monoisotopic (exact) mass is 413 g/mol. The molecule has 0 spiro atoms. The lowest BCUT2D eigenvalue weighted by Crippen LogP contribution is -2.42. The van der Waals surface area contributed by atoms with Crippen molar-refractivity contribution in [3.63, 3.8) is 0 Å². The number of amides is 1. The summed E-state index contributed by atoms with van der Waals surface area (Å²) >= 11 is 0. The molecule has 2 aliphatic rings. The summed E-state index contributed by atoms with van der Waals surface area (Å²) < 4.78 is 29.0. The van der Waals surface area contributed by atoms with Crippen molar-refractivity contribution < 1.29 is 17.9 Å². The lowest BCUT2D eigenvalue weighted by atomic mass is 10.2. The highest BCUT2D eigenvalue weighted by molar-refractivity contribution is 7.91. The van der Waals surface area contributed by atoms with Gasteiger partial charge in [-0.05, 0) is 20.5 Å². The van der Waals surface area contributed by atoms with Crippen molar-refractivity contribution >= 4 is 15.7 Å². The number of hydrogen-bond acceptors (Lipinski definition) is 8. The van der Waals surface area contributed by atoms with Gasteiger partial charge >= 0.3 is 0 Å². The molecule has 0 aromatic heterocycles. The Labute approximate surface area is 167 Å². The lowest BCUT2D eigenvalue weighted by molar-refractivity contribution is -0.117. The summed E-state index contributed by atoms with van der Waals surface area (Å²) in [5, 5.41) is 12.2. The van der Waals surface area contributed by atoms with Crippen LogP contribution >= 0.6 is 0 Å². The van der Waals surface area contributed by atoms with E-state index in [1.807, 2.05) is 30.0 Å². The summed E-state index contributed by atoms with van der Waals surface area (Å²) in [7, 11) is 0.803. The second-order valence-corrected chi connectivity index (χ2v) is 9.69. The standard InChI is InChI=1S/C18H31N5O4S/c1-21(2)6-7-23(17-3-12-28(25,26)15-17)14-16(13-19)18(24)20-4-5-22-8-10-27-11-9-22/h14,17H,3-12,15H2,1-2H3,(H,20,24)/b16-14-. The van der Waals surface area contributed by atoms with Gasteiger partial charge in [0.15, 0.2) is 9.84 Å². The molecule has 1 amide bonds. The minimum Gasteiger partial charge on any atom is -0.379 e. The van der Waals surface area contributed by atoms with Crippen LogP contribution in [0, 0.1) is 11.3 Å². The summed E-state index contributed by atoms with van der Waals surface area (Å²) in [4.78, 5) is 18.5. The maximum atomic E-state index is 12.4.